The molecule has 2 aromatic rings. The lowest BCUT2D eigenvalue weighted by atomic mass is 10.1. The molecule has 7 heteroatoms. The van der Waals surface area contributed by atoms with Crippen molar-refractivity contribution in [3.8, 4) is 10.4 Å². The summed E-state index contributed by atoms with van der Waals surface area (Å²) in [7, 11) is 0. The quantitative estimate of drug-likeness (QED) is 0.875. The van der Waals surface area contributed by atoms with Crippen molar-refractivity contribution in [1.82, 2.24) is 10.3 Å². The van der Waals surface area contributed by atoms with Crippen LogP contribution in [0.15, 0.2) is 24.4 Å². The number of nitrogens with one attached hydrogen (secondary N) is 1. The zero-order valence-electron chi connectivity index (χ0n) is 10.9. The predicted octanol–water partition coefficient (Wildman–Crippen LogP) is 4.73. The lowest BCUT2D eigenvalue weighted by Crippen LogP contribution is -2.15. The van der Waals surface area contributed by atoms with Crippen LogP contribution in [0.5, 0.6) is 0 Å². The summed E-state index contributed by atoms with van der Waals surface area (Å²) in [4.78, 5) is 3.98. The van der Waals surface area contributed by atoms with E-state index in [2.05, 4.69) is 10.3 Å². The average molecular weight is 333 g/mol. The molecule has 1 fully saturated rings. The molecule has 0 atom stereocenters. The summed E-state index contributed by atoms with van der Waals surface area (Å²) in [6.07, 6.45) is -0.831. The van der Waals surface area contributed by atoms with Crippen molar-refractivity contribution in [3.05, 3.63) is 40.0 Å². The summed E-state index contributed by atoms with van der Waals surface area (Å²) in [5.41, 5.74) is 1.65. The van der Waals surface area contributed by atoms with E-state index in [1.807, 2.05) is 0 Å². The van der Waals surface area contributed by atoms with E-state index < -0.39 is 11.2 Å². The zero-order chi connectivity index (χ0) is 15.0. The summed E-state index contributed by atoms with van der Waals surface area (Å²) in [6.45, 7) is 0.597. The molecule has 0 bridgehead atoms. The van der Waals surface area contributed by atoms with Crippen molar-refractivity contribution in [1.29, 1.82) is 0 Å². The van der Waals surface area contributed by atoms with Crippen LogP contribution < -0.4 is 5.32 Å². The van der Waals surface area contributed by atoms with Crippen LogP contribution in [-0.4, -0.2) is 11.0 Å². The smallest absolute Gasteiger partial charge is 0.310 e. The number of hydrogen-bond donors (Lipinski definition) is 1. The Morgan fingerprint density at radius 1 is 1.33 bits per heavy atom. The number of benzene rings is 1. The normalized spacial score (nSPS) is 15.4. The topological polar surface area (TPSA) is 24.9 Å². The minimum Gasteiger partial charge on any atom is -0.310 e. The Hall–Kier alpha value is -1.11. The molecule has 0 saturated heterocycles. The van der Waals surface area contributed by atoms with Gasteiger partial charge in [0.1, 0.15) is 0 Å². The largest absolute Gasteiger partial charge is 0.443 e. The van der Waals surface area contributed by atoms with Crippen molar-refractivity contribution >= 4 is 22.9 Å². The summed E-state index contributed by atoms with van der Waals surface area (Å²) in [5, 5.41) is 3.10. The third kappa shape index (κ3) is 3.56. The first-order valence-electron chi connectivity index (χ1n) is 6.48. The van der Waals surface area contributed by atoms with E-state index in [0.29, 0.717) is 33.8 Å². The first kappa shape index (κ1) is 14.8. The summed E-state index contributed by atoms with van der Waals surface area (Å²) >= 11 is 6.65. The van der Waals surface area contributed by atoms with Crippen LogP contribution in [0, 0.1) is 0 Å². The van der Waals surface area contributed by atoms with Crippen LogP contribution in [0.2, 0.25) is 5.02 Å². The van der Waals surface area contributed by atoms with Gasteiger partial charge in [-0.05, 0) is 36.1 Å². The minimum absolute atomic E-state index is 0.506. The van der Waals surface area contributed by atoms with E-state index in [9.17, 15) is 13.2 Å². The number of aromatic nitrogens is 1. The maximum atomic E-state index is 12.7. The van der Waals surface area contributed by atoms with Crippen LogP contribution in [0.1, 0.15) is 23.4 Å². The van der Waals surface area contributed by atoms with Gasteiger partial charge in [0.15, 0.2) is 5.01 Å². The van der Waals surface area contributed by atoms with Gasteiger partial charge >= 0.3 is 6.18 Å². The van der Waals surface area contributed by atoms with Crippen molar-refractivity contribution in [2.45, 2.75) is 31.6 Å². The van der Waals surface area contributed by atoms with Crippen LogP contribution in [0.25, 0.3) is 10.4 Å². The van der Waals surface area contributed by atoms with E-state index in [0.717, 1.165) is 24.0 Å². The molecule has 0 aliphatic heterocycles. The summed E-state index contributed by atoms with van der Waals surface area (Å²) < 4.78 is 38.0. The van der Waals surface area contributed by atoms with E-state index in [1.54, 1.807) is 18.2 Å². The van der Waals surface area contributed by atoms with Crippen LogP contribution >= 0.6 is 22.9 Å². The highest BCUT2D eigenvalue weighted by Crippen LogP contribution is 2.38. The average Bonchev–Trinajstić information content (AvgIpc) is 3.10. The molecule has 1 aliphatic rings. The van der Waals surface area contributed by atoms with Gasteiger partial charge in [-0.15, -0.1) is 11.3 Å². The number of rotatable bonds is 4. The molecule has 1 aromatic carbocycles. The molecule has 1 heterocycles. The van der Waals surface area contributed by atoms with Gasteiger partial charge in [-0.1, -0.05) is 17.7 Å². The van der Waals surface area contributed by atoms with Crippen LogP contribution in [-0.2, 0) is 12.7 Å². The molecule has 21 heavy (non-hydrogen) atoms. The van der Waals surface area contributed by atoms with E-state index in [-0.39, 0.29) is 0 Å². The molecule has 0 radical (unpaired) electrons. The van der Waals surface area contributed by atoms with Crippen molar-refractivity contribution < 1.29 is 13.2 Å². The Bertz CT molecular complexity index is 650. The van der Waals surface area contributed by atoms with Crippen molar-refractivity contribution in [3.63, 3.8) is 0 Å². The van der Waals surface area contributed by atoms with E-state index >= 15 is 0 Å². The molecule has 0 unspecified atom stereocenters. The molecular weight excluding hydrogens is 321 g/mol. The van der Waals surface area contributed by atoms with Crippen LogP contribution in [0.4, 0.5) is 13.2 Å². The van der Waals surface area contributed by atoms with E-state index in [1.165, 1.54) is 6.20 Å². The second-order valence-electron chi connectivity index (χ2n) is 4.98. The monoisotopic (exact) mass is 332 g/mol. The molecule has 112 valence electrons. The highest BCUT2D eigenvalue weighted by molar-refractivity contribution is 7.15. The summed E-state index contributed by atoms with van der Waals surface area (Å²) in [6, 6.07) is 5.74. The molecule has 0 spiro atoms. The van der Waals surface area contributed by atoms with Gasteiger partial charge in [0.25, 0.3) is 0 Å². The van der Waals surface area contributed by atoms with Crippen molar-refractivity contribution in [2.75, 3.05) is 0 Å². The molecule has 1 aliphatic carbocycles. The Balaban J connectivity index is 1.90. The SMILES string of the molecule is FC(F)(F)c1ncc(-c2ccc(Cl)cc2CNC2CC2)s1. The highest BCUT2D eigenvalue weighted by Gasteiger charge is 2.34. The minimum atomic E-state index is -4.40. The fourth-order valence-corrected chi connectivity index (χ4v) is 3.06. The van der Waals surface area contributed by atoms with Gasteiger partial charge in [-0.3, -0.25) is 0 Å². The Morgan fingerprint density at radius 3 is 2.71 bits per heavy atom. The molecule has 1 saturated carbocycles. The van der Waals surface area contributed by atoms with Gasteiger partial charge in [-0.25, -0.2) is 4.98 Å². The van der Waals surface area contributed by atoms with Gasteiger partial charge in [0.2, 0.25) is 0 Å². The number of alkyl halides is 3. The van der Waals surface area contributed by atoms with Gasteiger partial charge in [0, 0.05) is 23.8 Å². The van der Waals surface area contributed by atoms with Gasteiger partial charge in [0.05, 0.1) is 4.88 Å². The first-order chi connectivity index (χ1) is 9.93. The standard InChI is InChI=1S/C14H12ClF3N2S/c15-9-1-4-11(8(5-9)6-19-10-2-3-10)12-7-20-13(21-12)14(16,17)18/h1,4-5,7,10,19H,2-3,6H2. The van der Waals surface area contributed by atoms with Gasteiger partial charge in [-0.2, -0.15) is 13.2 Å². The Kier molecular flexibility index (Phi) is 3.94. The Labute approximate surface area is 129 Å². The van der Waals surface area contributed by atoms with Crippen molar-refractivity contribution in [2.24, 2.45) is 0 Å². The number of thiazole rings is 1. The third-order valence-electron chi connectivity index (χ3n) is 3.24. The fourth-order valence-electron chi connectivity index (χ4n) is 2.02. The van der Waals surface area contributed by atoms with E-state index in [4.69, 9.17) is 11.6 Å². The summed E-state index contributed by atoms with van der Waals surface area (Å²) in [5.74, 6) is 0. The molecule has 0 amide bonds. The molecule has 1 N–H and O–H groups in total. The fraction of sp³-hybridized carbons (Fsp3) is 0.357. The third-order valence-corrected chi connectivity index (χ3v) is 4.55. The maximum Gasteiger partial charge on any atom is 0.443 e. The molecule has 1 aromatic heterocycles. The molecule has 2 nitrogen and oxygen atoms in total. The number of hydrogen-bond acceptors (Lipinski definition) is 3. The first-order valence-corrected chi connectivity index (χ1v) is 7.68. The number of nitrogens with zero attached hydrogens (tertiary/aromatic N) is 1. The Morgan fingerprint density at radius 2 is 2.10 bits per heavy atom. The lowest BCUT2D eigenvalue weighted by Gasteiger charge is -2.09. The predicted molar refractivity (Wildman–Crippen MR) is 77.4 cm³/mol. The lowest BCUT2D eigenvalue weighted by molar-refractivity contribution is -0.137. The maximum absolute atomic E-state index is 12.7. The highest BCUT2D eigenvalue weighted by atomic mass is 35.5. The second-order valence-corrected chi connectivity index (χ2v) is 6.45. The van der Waals surface area contributed by atoms with Crippen LogP contribution in [0.3, 0.4) is 0 Å². The zero-order valence-corrected chi connectivity index (χ0v) is 12.4. The second kappa shape index (κ2) is 5.59. The number of halogens is 4. The van der Waals surface area contributed by atoms with Gasteiger partial charge < -0.3 is 5.32 Å². The molecular formula is C14H12ClF3N2S. The molecule has 3 rings (SSSR count).